The summed E-state index contributed by atoms with van der Waals surface area (Å²) in [5.41, 5.74) is 2.46. The predicted octanol–water partition coefficient (Wildman–Crippen LogP) is 1.89. The van der Waals surface area contributed by atoms with Crippen LogP contribution in [0.1, 0.15) is 24.0 Å². The maximum Gasteiger partial charge on any atom is 0.226 e. The van der Waals surface area contributed by atoms with E-state index >= 15 is 0 Å². The van der Waals surface area contributed by atoms with Crippen LogP contribution in [0.15, 0.2) is 18.2 Å². The third-order valence-electron chi connectivity index (χ3n) is 4.04. The Morgan fingerprint density at radius 3 is 2.85 bits per heavy atom. The van der Waals surface area contributed by atoms with E-state index in [-0.39, 0.29) is 5.91 Å². The summed E-state index contributed by atoms with van der Waals surface area (Å²) in [4.78, 5) is 13.9. The lowest BCUT2D eigenvalue weighted by Crippen LogP contribution is -2.38. The molecule has 1 aromatic carbocycles. The maximum absolute atomic E-state index is 12.1. The number of ether oxygens (including phenoxy) is 1. The number of nitrogens with zero attached hydrogens (tertiary/aromatic N) is 1. The van der Waals surface area contributed by atoms with Gasteiger partial charge in [-0.2, -0.15) is 0 Å². The summed E-state index contributed by atoms with van der Waals surface area (Å²) in [5.74, 6) is 0.994. The summed E-state index contributed by atoms with van der Waals surface area (Å²) in [6.45, 7) is 6.48. The zero-order valence-electron chi connectivity index (χ0n) is 12.6. The molecular weight excluding hydrogens is 252 g/mol. The molecule has 2 rings (SSSR count). The van der Waals surface area contributed by atoms with Crippen molar-refractivity contribution in [3.8, 4) is 5.75 Å². The summed E-state index contributed by atoms with van der Waals surface area (Å²) in [5, 5.41) is 3.28. The molecule has 1 atom stereocenters. The van der Waals surface area contributed by atoms with Gasteiger partial charge in [-0.25, -0.2) is 0 Å². The molecule has 0 radical (unpaired) electrons. The monoisotopic (exact) mass is 276 g/mol. The van der Waals surface area contributed by atoms with Crippen molar-refractivity contribution in [1.82, 2.24) is 10.2 Å². The minimum absolute atomic E-state index is 0.155. The predicted molar refractivity (Wildman–Crippen MR) is 80.1 cm³/mol. The third kappa shape index (κ3) is 3.73. The molecule has 0 saturated carbocycles. The van der Waals surface area contributed by atoms with Gasteiger partial charge >= 0.3 is 0 Å². The number of aryl methyl sites for hydroxylation is 2. The molecule has 110 valence electrons. The Bertz CT molecular complexity index is 468. The molecule has 4 heteroatoms. The van der Waals surface area contributed by atoms with Crippen LogP contribution in [-0.2, 0) is 4.79 Å². The first-order chi connectivity index (χ1) is 9.58. The standard InChI is InChI=1S/C16H24N2O2/c1-12-4-5-15(10-13(12)2)20-9-7-16(19)18(3)14-6-8-17-11-14/h4-5,10,14,17H,6-9,11H2,1-3H3/t14-/m1/s1. The Balaban J connectivity index is 1.77. The molecule has 1 saturated heterocycles. The fourth-order valence-electron chi connectivity index (χ4n) is 2.41. The van der Waals surface area contributed by atoms with Crippen molar-refractivity contribution in [2.45, 2.75) is 32.7 Å². The fourth-order valence-corrected chi connectivity index (χ4v) is 2.41. The van der Waals surface area contributed by atoms with E-state index < -0.39 is 0 Å². The Morgan fingerprint density at radius 2 is 2.20 bits per heavy atom. The molecule has 4 nitrogen and oxygen atoms in total. The molecule has 1 aromatic rings. The highest BCUT2D eigenvalue weighted by molar-refractivity contribution is 5.76. The quantitative estimate of drug-likeness (QED) is 0.893. The first kappa shape index (κ1) is 14.9. The van der Waals surface area contributed by atoms with Crippen LogP contribution in [0.2, 0.25) is 0 Å². The Labute approximate surface area is 121 Å². The molecule has 0 aliphatic carbocycles. The minimum Gasteiger partial charge on any atom is -0.493 e. The lowest BCUT2D eigenvalue weighted by Gasteiger charge is -2.23. The van der Waals surface area contributed by atoms with Crippen LogP contribution in [0.5, 0.6) is 5.75 Å². The summed E-state index contributed by atoms with van der Waals surface area (Å²) >= 11 is 0. The molecule has 1 amide bonds. The lowest BCUT2D eigenvalue weighted by atomic mass is 10.1. The molecule has 0 aromatic heterocycles. The number of rotatable bonds is 5. The van der Waals surface area contributed by atoms with Crippen molar-refractivity contribution >= 4 is 5.91 Å². The molecule has 1 N–H and O–H groups in total. The highest BCUT2D eigenvalue weighted by Crippen LogP contribution is 2.16. The van der Waals surface area contributed by atoms with E-state index in [1.54, 1.807) is 0 Å². The van der Waals surface area contributed by atoms with Gasteiger partial charge in [0, 0.05) is 19.6 Å². The van der Waals surface area contributed by atoms with Crippen LogP contribution in [0, 0.1) is 13.8 Å². The van der Waals surface area contributed by atoms with Gasteiger partial charge in [0.1, 0.15) is 5.75 Å². The number of likely N-dealkylation sites (N-methyl/N-ethyl adjacent to an activating group) is 1. The van der Waals surface area contributed by atoms with Gasteiger partial charge in [0.15, 0.2) is 0 Å². The van der Waals surface area contributed by atoms with Crippen LogP contribution in [0.25, 0.3) is 0 Å². The second-order valence-electron chi connectivity index (χ2n) is 5.50. The average Bonchev–Trinajstić information content (AvgIpc) is 2.96. The Morgan fingerprint density at radius 1 is 1.40 bits per heavy atom. The van der Waals surface area contributed by atoms with Crippen molar-refractivity contribution in [2.75, 3.05) is 26.7 Å². The first-order valence-electron chi connectivity index (χ1n) is 7.24. The van der Waals surface area contributed by atoms with E-state index in [9.17, 15) is 4.79 Å². The smallest absolute Gasteiger partial charge is 0.226 e. The van der Waals surface area contributed by atoms with E-state index in [0.29, 0.717) is 19.1 Å². The van der Waals surface area contributed by atoms with Crippen LogP contribution < -0.4 is 10.1 Å². The topological polar surface area (TPSA) is 41.6 Å². The minimum atomic E-state index is 0.155. The molecule has 0 bridgehead atoms. The third-order valence-corrected chi connectivity index (χ3v) is 4.04. The van der Waals surface area contributed by atoms with Crippen LogP contribution in [0.4, 0.5) is 0 Å². The number of nitrogens with one attached hydrogen (secondary N) is 1. The summed E-state index contributed by atoms with van der Waals surface area (Å²) in [6.07, 6.45) is 1.47. The Hall–Kier alpha value is -1.55. The zero-order valence-corrected chi connectivity index (χ0v) is 12.6. The van der Waals surface area contributed by atoms with E-state index in [2.05, 4.69) is 19.2 Å². The Kier molecular flexibility index (Phi) is 5.01. The van der Waals surface area contributed by atoms with E-state index in [4.69, 9.17) is 4.74 Å². The second kappa shape index (κ2) is 6.75. The number of hydrogen-bond acceptors (Lipinski definition) is 3. The maximum atomic E-state index is 12.1. The molecule has 0 unspecified atom stereocenters. The number of hydrogen-bond donors (Lipinski definition) is 1. The van der Waals surface area contributed by atoms with Crippen molar-refractivity contribution in [3.63, 3.8) is 0 Å². The van der Waals surface area contributed by atoms with Gasteiger partial charge in [-0.3, -0.25) is 4.79 Å². The largest absolute Gasteiger partial charge is 0.493 e. The molecular formula is C16H24N2O2. The average molecular weight is 276 g/mol. The van der Waals surface area contributed by atoms with Crippen molar-refractivity contribution in [3.05, 3.63) is 29.3 Å². The highest BCUT2D eigenvalue weighted by Gasteiger charge is 2.22. The molecule has 1 aliphatic rings. The van der Waals surface area contributed by atoms with Gasteiger partial charge < -0.3 is 15.0 Å². The lowest BCUT2D eigenvalue weighted by molar-refractivity contribution is -0.132. The van der Waals surface area contributed by atoms with Crippen molar-refractivity contribution in [2.24, 2.45) is 0 Å². The SMILES string of the molecule is Cc1ccc(OCCC(=O)N(C)[C@@H]2CCNC2)cc1C. The summed E-state index contributed by atoms with van der Waals surface area (Å²) < 4.78 is 5.66. The van der Waals surface area contributed by atoms with Crippen molar-refractivity contribution in [1.29, 1.82) is 0 Å². The zero-order chi connectivity index (χ0) is 14.5. The van der Waals surface area contributed by atoms with Gasteiger partial charge in [-0.15, -0.1) is 0 Å². The van der Waals surface area contributed by atoms with Gasteiger partial charge in [0.2, 0.25) is 5.91 Å². The van der Waals surface area contributed by atoms with Crippen LogP contribution in [0.3, 0.4) is 0 Å². The van der Waals surface area contributed by atoms with E-state index in [1.807, 2.05) is 30.1 Å². The van der Waals surface area contributed by atoms with Crippen LogP contribution in [-0.4, -0.2) is 43.6 Å². The van der Waals surface area contributed by atoms with E-state index in [0.717, 1.165) is 25.3 Å². The highest BCUT2D eigenvalue weighted by atomic mass is 16.5. The molecule has 1 fully saturated rings. The van der Waals surface area contributed by atoms with E-state index in [1.165, 1.54) is 11.1 Å². The number of carbonyl (C=O) groups excluding carboxylic acids is 1. The van der Waals surface area contributed by atoms with Crippen molar-refractivity contribution < 1.29 is 9.53 Å². The first-order valence-corrected chi connectivity index (χ1v) is 7.24. The number of amides is 1. The fraction of sp³-hybridized carbons (Fsp3) is 0.562. The van der Waals surface area contributed by atoms with Gasteiger partial charge in [-0.05, 0) is 50.1 Å². The second-order valence-corrected chi connectivity index (χ2v) is 5.50. The molecule has 1 aliphatic heterocycles. The van der Waals surface area contributed by atoms with Gasteiger partial charge in [-0.1, -0.05) is 6.07 Å². The summed E-state index contributed by atoms with van der Waals surface area (Å²) in [7, 11) is 1.88. The molecule has 20 heavy (non-hydrogen) atoms. The van der Waals surface area contributed by atoms with Gasteiger partial charge in [0.25, 0.3) is 0 Å². The normalized spacial score (nSPS) is 18.1. The van der Waals surface area contributed by atoms with Gasteiger partial charge in [0.05, 0.1) is 13.0 Å². The number of carbonyl (C=O) groups is 1. The number of benzene rings is 1. The summed E-state index contributed by atoms with van der Waals surface area (Å²) in [6, 6.07) is 6.36. The molecule has 0 spiro atoms. The molecule has 1 heterocycles. The van der Waals surface area contributed by atoms with Crippen LogP contribution >= 0.6 is 0 Å².